The first-order valence-corrected chi connectivity index (χ1v) is 12.4. The minimum atomic E-state index is -0.633. The fraction of sp³-hybridized carbons (Fsp3) is 0.462. The number of benzene rings is 2. The summed E-state index contributed by atoms with van der Waals surface area (Å²) in [5.74, 6) is 0.102. The van der Waals surface area contributed by atoms with E-state index >= 15 is 0 Å². The molecular formula is C26H34BrClN2O3. The van der Waals surface area contributed by atoms with Gasteiger partial charge in [0.25, 0.3) is 5.91 Å². The van der Waals surface area contributed by atoms with E-state index in [9.17, 15) is 9.59 Å². The molecule has 0 bridgehead atoms. The predicted molar refractivity (Wildman–Crippen MR) is 138 cm³/mol. The van der Waals surface area contributed by atoms with Gasteiger partial charge in [0.15, 0.2) is 6.61 Å². The van der Waals surface area contributed by atoms with Gasteiger partial charge in [-0.05, 0) is 70.9 Å². The maximum Gasteiger partial charge on any atom is 0.261 e. The Hall–Kier alpha value is -2.05. The van der Waals surface area contributed by atoms with Gasteiger partial charge in [0, 0.05) is 17.6 Å². The molecule has 1 atom stereocenters. The number of amides is 2. The predicted octanol–water partition coefficient (Wildman–Crippen LogP) is 6.11. The van der Waals surface area contributed by atoms with E-state index in [2.05, 4.69) is 42.0 Å². The Labute approximate surface area is 211 Å². The second kappa shape index (κ2) is 11.9. The molecule has 0 saturated heterocycles. The number of nitrogens with zero attached hydrogens (tertiary/aromatic N) is 1. The normalized spacial score (nSPS) is 12.4. The van der Waals surface area contributed by atoms with Crippen molar-refractivity contribution in [2.24, 2.45) is 0 Å². The number of carbonyl (C=O) groups excluding carboxylic acids is 2. The van der Waals surface area contributed by atoms with Gasteiger partial charge in [-0.1, -0.05) is 63.6 Å². The maximum atomic E-state index is 13.3. The molecule has 0 aliphatic heterocycles. The number of nitrogens with one attached hydrogen (secondary N) is 1. The van der Waals surface area contributed by atoms with Crippen LogP contribution in [0.1, 0.15) is 59.1 Å². The zero-order valence-electron chi connectivity index (χ0n) is 20.2. The average Bonchev–Trinajstić information content (AvgIpc) is 2.72. The molecule has 2 rings (SSSR count). The summed E-state index contributed by atoms with van der Waals surface area (Å²) in [6.45, 7) is 12.1. The molecule has 2 aromatic rings. The lowest BCUT2D eigenvalue weighted by Gasteiger charge is -2.31. The van der Waals surface area contributed by atoms with E-state index < -0.39 is 6.04 Å². The molecule has 0 aromatic heterocycles. The van der Waals surface area contributed by atoms with Gasteiger partial charge in [0.2, 0.25) is 5.91 Å². The Balaban J connectivity index is 2.25. The summed E-state index contributed by atoms with van der Waals surface area (Å²) in [6, 6.07) is 12.5. The fourth-order valence-corrected chi connectivity index (χ4v) is 4.11. The number of hydrogen-bond acceptors (Lipinski definition) is 3. The first-order valence-electron chi connectivity index (χ1n) is 11.2. The van der Waals surface area contributed by atoms with E-state index in [1.165, 1.54) is 0 Å². The van der Waals surface area contributed by atoms with Gasteiger partial charge in [-0.15, -0.1) is 0 Å². The molecule has 0 aliphatic rings. The largest absolute Gasteiger partial charge is 0.483 e. The van der Waals surface area contributed by atoms with Gasteiger partial charge < -0.3 is 15.0 Å². The van der Waals surface area contributed by atoms with Gasteiger partial charge in [-0.2, -0.15) is 0 Å². The van der Waals surface area contributed by atoms with Crippen molar-refractivity contribution >= 4 is 39.3 Å². The fourth-order valence-electron chi connectivity index (χ4n) is 3.42. The Bertz CT molecular complexity index is 972. The summed E-state index contributed by atoms with van der Waals surface area (Å²) in [4.78, 5) is 27.8. The van der Waals surface area contributed by atoms with Crippen molar-refractivity contribution in [3.8, 4) is 5.75 Å². The summed E-state index contributed by atoms with van der Waals surface area (Å²) >= 11 is 9.91. The molecular weight excluding hydrogens is 504 g/mol. The molecule has 2 amide bonds. The second-order valence-corrected chi connectivity index (χ2v) is 10.6. The van der Waals surface area contributed by atoms with Crippen LogP contribution < -0.4 is 10.1 Å². The Morgan fingerprint density at radius 2 is 1.82 bits per heavy atom. The van der Waals surface area contributed by atoms with Crippen LogP contribution in [0.2, 0.25) is 5.02 Å². The van der Waals surface area contributed by atoms with Crippen LogP contribution in [0.15, 0.2) is 46.9 Å². The van der Waals surface area contributed by atoms with Crippen molar-refractivity contribution < 1.29 is 14.3 Å². The third-order valence-electron chi connectivity index (χ3n) is 5.26. The van der Waals surface area contributed by atoms with Crippen LogP contribution in [0.3, 0.4) is 0 Å². The number of carbonyl (C=O) groups is 2. The maximum absolute atomic E-state index is 13.3. The highest BCUT2D eigenvalue weighted by molar-refractivity contribution is 9.10. The third-order valence-corrected chi connectivity index (χ3v) is 6.25. The van der Waals surface area contributed by atoms with Crippen LogP contribution in [0.5, 0.6) is 5.75 Å². The number of hydrogen-bond donors (Lipinski definition) is 1. The summed E-state index contributed by atoms with van der Waals surface area (Å²) in [5.41, 5.74) is 1.93. The van der Waals surface area contributed by atoms with E-state index in [-0.39, 0.29) is 36.4 Å². The van der Waals surface area contributed by atoms with Crippen molar-refractivity contribution in [3.63, 3.8) is 0 Å². The lowest BCUT2D eigenvalue weighted by Crippen LogP contribution is -2.51. The summed E-state index contributed by atoms with van der Waals surface area (Å²) in [5, 5.41) is 3.47. The second-order valence-electron chi connectivity index (χ2n) is 9.38. The van der Waals surface area contributed by atoms with Crippen molar-refractivity contribution in [3.05, 3.63) is 63.1 Å². The topological polar surface area (TPSA) is 58.6 Å². The Morgan fingerprint density at radius 3 is 2.36 bits per heavy atom. The van der Waals surface area contributed by atoms with Gasteiger partial charge in [-0.25, -0.2) is 0 Å². The van der Waals surface area contributed by atoms with Crippen LogP contribution in [0, 0.1) is 0 Å². The van der Waals surface area contributed by atoms with Crippen LogP contribution in [-0.2, 0) is 21.5 Å². The van der Waals surface area contributed by atoms with Gasteiger partial charge in [0.05, 0.1) is 4.47 Å². The van der Waals surface area contributed by atoms with E-state index in [0.717, 1.165) is 15.6 Å². The molecule has 0 heterocycles. The Morgan fingerprint density at radius 1 is 1.15 bits per heavy atom. The number of halogens is 2. The summed E-state index contributed by atoms with van der Waals surface area (Å²) in [7, 11) is 0. The smallest absolute Gasteiger partial charge is 0.261 e. The molecule has 0 spiro atoms. The van der Waals surface area contributed by atoms with Crippen molar-refractivity contribution in [1.82, 2.24) is 10.2 Å². The SMILES string of the molecule is CC[C@@H](C(=O)NC(C)C)N(Cc1ccccc1Cl)C(=O)COc1ccc(C(C)(C)C)cc1Br. The lowest BCUT2D eigenvalue weighted by molar-refractivity contribution is -0.143. The molecule has 0 fully saturated rings. The quantitative estimate of drug-likeness (QED) is 0.420. The highest BCUT2D eigenvalue weighted by Crippen LogP contribution is 2.31. The molecule has 5 nitrogen and oxygen atoms in total. The number of ether oxygens (including phenoxy) is 1. The molecule has 0 saturated carbocycles. The van der Waals surface area contributed by atoms with Crippen LogP contribution in [0.4, 0.5) is 0 Å². The van der Waals surface area contributed by atoms with Crippen molar-refractivity contribution in [2.45, 2.75) is 72.0 Å². The molecule has 1 N–H and O–H groups in total. The molecule has 33 heavy (non-hydrogen) atoms. The van der Waals surface area contributed by atoms with E-state index in [1.807, 2.05) is 57.2 Å². The summed E-state index contributed by atoms with van der Waals surface area (Å²) in [6.07, 6.45) is 0.471. The number of rotatable bonds is 9. The van der Waals surface area contributed by atoms with Crippen molar-refractivity contribution in [1.29, 1.82) is 0 Å². The minimum Gasteiger partial charge on any atom is -0.483 e. The standard InChI is InChI=1S/C26H34BrClN2O3/c1-7-22(25(32)29-17(2)3)30(15-18-10-8-9-11-21(18)28)24(31)16-33-23-13-12-19(14-20(23)27)26(4,5)6/h8-14,17,22H,7,15-16H2,1-6H3,(H,29,32)/t22-/m0/s1. The van der Waals surface area contributed by atoms with Gasteiger partial charge in [-0.3, -0.25) is 9.59 Å². The van der Waals surface area contributed by atoms with Crippen LogP contribution >= 0.6 is 27.5 Å². The molecule has 2 aromatic carbocycles. The van der Waals surface area contributed by atoms with E-state index in [4.69, 9.17) is 16.3 Å². The van der Waals surface area contributed by atoms with Gasteiger partial charge in [0.1, 0.15) is 11.8 Å². The molecule has 180 valence electrons. The highest BCUT2D eigenvalue weighted by atomic mass is 79.9. The third kappa shape index (κ3) is 7.75. The summed E-state index contributed by atoms with van der Waals surface area (Å²) < 4.78 is 6.65. The first kappa shape index (κ1) is 27.2. The van der Waals surface area contributed by atoms with Crippen LogP contribution in [-0.4, -0.2) is 35.4 Å². The van der Waals surface area contributed by atoms with Crippen LogP contribution in [0.25, 0.3) is 0 Å². The highest BCUT2D eigenvalue weighted by Gasteiger charge is 2.30. The van der Waals surface area contributed by atoms with Crippen molar-refractivity contribution in [2.75, 3.05) is 6.61 Å². The molecule has 7 heteroatoms. The van der Waals surface area contributed by atoms with Gasteiger partial charge >= 0.3 is 0 Å². The minimum absolute atomic E-state index is 0.000738. The zero-order valence-corrected chi connectivity index (χ0v) is 22.6. The zero-order chi connectivity index (χ0) is 24.8. The first-order chi connectivity index (χ1) is 15.4. The molecule has 0 aliphatic carbocycles. The Kier molecular flexibility index (Phi) is 9.80. The average molecular weight is 538 g/mol. The molecule has 0 unspecified atom stereocenters. The lowest BCUT2D eigenvalue weighted by atomic mass is 9.87. The van der Waals surface area contributed by atoms with E-state index in [0.29, 0.717) is 17.2 Å². The molecule has 0 radical (unpaired) electrons. The van der Waals surface area contributed by atoms with E-state index in [1.54, 1.807) is 11.0 Å². The monoisotopic (exact) mass is 536 g/mol.